The molecule has 4 heteroatoms. The van der Waals surface area contributed by atoms with Crippen LogP contribution in [0.5, 0.6) is 0 Å². The van der Waals surface area contributed by atoms with Crippen molar-refractivity contribution in [3.05, 3.63) is 50.4 Å². The van der Waals surface area contributed by atoms with Crippen molar-refractivity contribution in [2.24, 2.45) is 0 Å². The Hall–Kier alpha value is -0.900. The van der Waals surface area contributed by atoms with Gasteiger partial charge in [-0.25, -0.2) is 4.98 Å². The molecular weight excluding hydrogens is 276 g/mol. The molecule has 2 rings (SSSR count). The highest BCUT2D eigenvalue weighted by molar-refractivity contribution is 7.11. The molecule has 102 valence electrons. The molecule has 1 aromatic heterocycles. The molecule has 0 aliphatic carbocycles. The summed E-state index contributed by atoms with van der Waals surface area (Å²) in [5, 5.41) is 5.38. The third-order valence-electron chi connectivity index (χ3n) is 2.95. The molecule has 1 heterocycles. The Labute approximate surface area is 123 Å². The Bertz CT molecular complexity index is 537. The van der Waals surface area contributed by atoms with Crippen molar-refractivity contribution in [2.75, 3.05) is 6.54 Å². The Morgan fingerprint density at radius 1 is 1.32 bits per heavy atom. The van der Waals surface area contributed by atoms with E-state index in [1.807, 2.05) is 18.2 Å². The first-order chi connectivity index (χ1) is 9.20. The van der Waals surface area contributed by atoms with E-state index in [-0.39, 0.29) is 0 Å². The van der Waals surface area contributed by atoms with Crippen molar-refractivity contribution in [1.29, 1.82) is 0 Å². The van der Waals surface area contributed by atoms with Crippen molar-refractivity contribution in [1.82, 2.24) is 10.3 Å². The number of rotatable bonds is 6. The van der Waals surface area contributed by atoms with E-state index in [9.17, 15) is 0 Å². The minimum atomic E-state index is 0.818. The van der Waals surface area contributed by atoms with E-state index in [1.54, 1.807) is 11.3 Å². The molecule has 0 fully saturated rings. The fraction of sp³-hybridized carbons (Fsp3) is 0.400. The van der Waals surface area contributed by atoms with Gasteiger partial charge in [-0.05, 0) is 31.5 Å². The van der Waals surface area contributed by atoms with E-state index in [2.05, 4.69) is 30.2 Å². The molecule has 19 heavy (non-hydrogen) atoms. The van der Waals surface area contributed by atoms with Crippen LogP contribution in [0.15, 0.2) is 24.3 Å². The average Bonchev–Trinajstić information content (AvgIpc) is 2.73. The maximum Gasteiger partial charge on any atom is 0.0975 e. The first kappa shape index (κ1) is 14.5. The fourth-order valence-corrected chi connectivity index (χ4v) is 3.18. The van der Waals surface area contributed by atoms with Gasteiger partial charge in [0, 0.05) is 22.9 Å². The van der Waals surface area contributed by atoms with E-state index in [0.717, 1.165) is 47.2 Å². The number of nitrogens with one attached hydrogen (secondary N) is 1. The summed E-state index contributed by atoms with van der Waals surface area (Å²) in [6, 6.07) is 7.97. The van der Waals surface area contributed by atoms with E-state index < -0.39 is 0 Å². The van der Waals surface area contributed by atoms with Crippen LogP contribution in [0.4, 0.5) is 0 Å². The molecule has 0 aliphatic heterocycles. The first-order valence-electron chi connectivity index (χ1n) is 6.60. The van der Waals surface area contributed by atoms with Crippen molar-refractivity contribution in [2.45, 2.75) is 33.2 Å². The summed E-state index contributed by atoms with van der Waals surface area (Å²) in [6.45, 7) is 6.22. The van der Waals surface area contributed by atoms with Crippen molar-refractivity contribution < 1.29 is 0 Å². The minimum absolute atomic E-state index is 0.818. The number of halogens is 1. The van der Waals surface area contributed by atoms with Crippen molar-refractivity contribution in [3.8, 4) is 0 Å². The number of benzene rings is 1. The monoisotopic (exact) mass is 294 g/mol. The van der Waals surface area contributed by atoms with Crippen LogP contribution in [0.1, 0.15) is 34.5 Å². The number of thiazole rings is 1. The first-order valence-corrected chi connectivity index (χ1v) is 7.79. The van der Waals surface area contributed by atoms with Crippen LogP contribution in [0.2, 0.25) is 5.02 Å². The third-order valence-corrected chi connectivity index (χ3v) is 4.47. The number of aryl methyl sites for hydroxylation is 1. The molecule has 2 nitrogen and oxygen atoms in total. The molecule has 1 N–H and O–H groups in total. The van der Waals surface area contributed by atoms with Gasteiger partial charge in [0.2, 0.25) is 0 Å². The van der Waals surface area contributed by atoms with Gasteiger partial charge in [-0.1, -0.05) is 36.7 Å². The van der Waals surface area contributed by atoms with Gasteiger partial charge in [-0.2, -0.15) is 0 Å². The second kappa shape index (κ2) is 7.04. The lowest BCUT2D eigenvalue weighted by molar-refractivity contribution is 0.678. The second-order valence-corrected chi connectivity index (χ2v) is 6.14. The van der Waals surface area contributed by atoms with Gasteiger partial charge in [-0.3, -0.25) is 0 Å². The topological polar surface area (TPSA) is 24.9 Å². The smallest absolute Gasteiger partial charge is 0.0975 e. The maximum atomic E-state index is 6.19. The van der Waals surface area contributed by atoms with E-state index in [4.69, 9.17) is 11.6 Å². The maximum absolute atomic E-state index is 6.19. The summed E-state index contributed by atoms with van der Waals surface area (Å²) >= 11 is 7.97. The van der Waals surface area contributed by atoms with Crippen LogP contribution >= 0.6 is 22.9 Å². The van der Waals surface area contributed by atoms with Crippen LogP contribution in [0.3, 0.4) is 0 Å². The van der Waals surface area contributed by atoms with Gasteiger partial charge >= 0.3 is 0 Å². The van der Waals surface area contributed by atoms with Gasteiger partial charge in [0.05, 0.1) is 10.7 Å². The highest BCUT2D eigenvalue weighted by Crippen LogP contribution is 2.24. The number of aromatic nitrogens is 1. The Kier molecular flexibility index (Phi) is 5.37. The molecular formula is C15H19ClN2S. The molecule has 0 saturated heterocycles. The third kappa shape index (κ3) is 4.03. The van der Waals surface area contributed by atoms with Gasteiger partial charge in [-0.15, -0.1) is 11.3 Å². The summed E-state index contributed by atoms with van der Waals surface area (Å²) in [7, 11) is 0. The zero-order valence-electron chi connectivity index (χ0n) is 11.4. The predicted molar refractivity (Wildman–Crippen MR) is 83.1 cm³/mol. The standard InChI is InChI=1S/C15H19ClN2S/c1-3-8-17-10-14-11(2)18-15(19-14)9-12-6-4-5-7-13(12)16/h4-7,17H,3,8-10H2,1-2H3. The number of nitrogens with zero attached hydrogens (tertiary/aromatic N) is 1. The number of hydrogen-bond acceptors (Lipinski definition) is 3. The molecule has 0 aliphatic rings. The molecule has 0 saturated carbocycles. The zero-order chi connectivity index (χ0) is 13.7. The van der Waals surface area contributed by atoms with E-state index in [1.165, 1.54) is 4.88 Å². The molecule has 1 aromatic carbocycles. The highest BCUT2D eigenvalue weighted by Gasteiger charge is 2.09. The predicted octanol–water partition coefficient (Wildman–Crippen LogP) is 4.20. The summed E-state index contributed by atoms with van der Waals surface area (Å²) in [4.78, 5) is 5.97. The summed E-state index contributed by atoms with van der Waals surface area (Å²) in [5.74, 6) is 0. The zero-order valence-corrected chi connectivity index (χ0v) is 12.9. The largest absolute Gasteiger partial charge is 0.312 e. The summed E-state index contributed by atoms with van der Waals surface area (Å²) in [5.41, 5.74) is 2.28. The lowest BCUT2D eigenvalue weighted by Gasteiger charge is -2.00. The normalized spacial score (nSPS) is 10.9. The Morgan fingerprint density at radius 2 is 2.11 bits per heavy atom. The molecule has 0 spiro atoms. The van der Waals surface area contributed by atoms with Gasteiger partial charge in [0.25, 0.3) is 0 Å². The summed E-state index contributed by atoms with van der Waals surface area (Å²) < 4.78 is 0. The average molecular weight is 295 g/mol. The quantitative estimate of drug-likeness (QED) is 0.808. The summed E-state index contributed by atoms with van der Waals surface area (Å²) in [6.07, 6.45) is 1.98. The lowest BCUT2D eigenvalue weighted by atomic mass is 10.2. The van der Waals surface area contributed by atoms with Crippen LogP contribution in [0.25, 0.3) is 0 Å². The lowest BCUT2D eigenvalue weighted by Crippen LogP contribution is -2.13. The minimum Gasteiger partial charge on any atom is -0.312 e. The van der Waals surface area contributed by atoms with Crippen LogP contribution in [-0.2, 0) is 13.0 Å². The molecule has 0 bridgehead atoms. The van der Waals surface area contributed by atoms with Crippen LogP contribution in [0, 0.1) is 6.92 Å². The van der Waals surface area contributed by atoms with E-state index in [0.29, 0.717) is 0 Å². The molecule has 0 atom stereocenters. The van der Waals surface area contributed by atoms with Gasteiger partial charge < -0.3 is 5.32 Å². The molecule has 0 unspecified atom stereocenters. The van der Waals surface area contributed by atoms with Crippen molar-refractivity contribution in [3.63, 3.8) is 0 Å². The van der Waals surface area contributed by atoms with Gasteiger partial charge in [0.1, 0.15) is 0 Å². The van der Waals surface area contributed by atoms with Gasteiger partial charge in [0.15, 0.2) is 0 Å². The fourth-order valence-electron chi connectivity index (χ4n) is 1.91. The Balaban J connectivity index is 2.06. The van der Waals surface area contributed by atoms with Crippen LogP contribution < -0.4 is 5.32 Å². The van der Waals surface area contributed by atoms with Crippen LogP contribution in [-0.4, -0.2) is 11.5 Å². The highest BCUT2D eigenvalue weighted by atomic mass is 35.5. The molecule has 2 aromatic rings. The second-order valence-electron chi connectivity index (χ2n) is 4.56. The molecule has 0 amide bonds. The SMILES string of the molecule is CCCNCc1sc(Cc2ccccc2Cl)nc1C. The Morgan fingerprint density at radius 3 is 2.84 bits per heavy atom. The van der Waals surface area contributed by atoms with Crippen molar-refractivity contribution >= 4 is 22.9 Å². The number of hydrogen-bond donors (Lipinski definition) is 1. The van der Waals surface area contributed by atoms with E-state index >= 15 is 0 Å². The molecule has 0 radical (unpaired) electrons.